The molecular formula is C13H13ClN2O2. The molecule has 1 fully saturated rings. The van der Waals surface area contributed by atoms with Crippen LogP contribution in [-0.4, -0.2) is 28.6 Å². The van der Waals surface area contributed by atoms with Crippen LogP contribution in [0.15, 0.2) is 12.1 Å². The zero-order chi connectivity index (χ0) is 12.9. The van der Waals surface area contributed by atoms with E-state index in [-0.39, 0.29) is 17.2 Å². The molecule has 2 heterocycles. The fourth-order valence-electron chi connectivity index (χ4n) is 3.05. The van der Waals surface area contributed by atoms with Crippen molar-refractivity contribution in [3.05, 3.63) is 28.5 Å². The molecule has 0 saturated heterocycles. The van der Waals surface area contributed by atoms with Crippen molar-refractivity contribution in [1.82, 2.24) is 9.88 Å². The van der Waals surface area contributed by atoms with E-state index in [1.807, 2.05) is 6.07 Å². The molecule has 1 saturated carbocycles. The van der Waals surface area contributed by atoms with Crippen molar-refractivity contribution < 1.29 is 9.59 Å². The van der Waals surface area contributed by atoms with E-state index in [4.69, 9.17) is 11.6 Å². The van der Waals surface area contributed by atoms with Gasteiger partial charge in [0.15, 0.2) is 0 Å². The molecule has 5 heteroatoms. The summed E-state index contributed by atoms with van der Waals surface area (Å²) < 4.78 is 0. The summed E-state index contributed by atoms with van der Waals surface area (Å²) in [6.07, 6.45) is 2.42. The standard InChI is InChI=1S/C13H13ClN2O2/c1-16-12(18)11-9(2-3-10(14)15-11)13(16)6-4-8(17)5-7-13/h2-3H,4-7H2,1H3. The number of hydrogen-bond acceptors (Lipinski definition) is 3. The molecule has 1 aromatic heterocycles. The van der Waals surface area contributed by atoms with Gasteiger partial charge in [-0.2, -0.15) is 0 Å². The third-order valence-corrected chi connectivity index (χ3v) is 4.36. The van der Waals surface area contributed by atoms with E-state index in [0.717, 1.165) is 5.56 Å². The highest BCUT2D eigenvalue weighted by molar-refractivity contribution is 6.29. The minimum Gasteiger partial charge on any atom is -0.331 e. The van der Waals surface area contributed by atoms with Crippen LogP contribution < -0.4 is 0 Å². The van der Waals surface area contributed by atoms with Crippen LogP contribution in [0.25, 0.3) is 0 Å². The quantitative estimate of drug-likeness (QED) is 0.675. The van der Waals surface area contributed by atoms with E-state index in [9.17, 15) is 9.59 Å². The predicted molar refractivity (Wildman–Crippen MR) is 66.5 cm³/mol. The van der Waals surface area contributed by atoms with Gasteiger partial charge in [-0.1, -0.05) is 17.7 Å². The summed E-state index contributed by atoms with van der Waals surface area (Å²) in [5, 5.41) is 0.333. The summed E-state index contributed by atoms with van der Waals surface area (Å²) in [6, 6.07) is 3.59. The Morgan fingerprint density at radius 3 is 2.61 bits per heavy atom. The summed E-state index contributed by atoms with van der Waals surface area (Å²) >= 11 is 5.85. The van der Waals surface area contributed by atoms with Gasteiger partial charge in [0.25, 0.3) is 5.91 Å². The van der Waals surface area contributed by atoms with Crippen LogP contribution in [0.4, 0.5) is 0 Å². The van der Waals surface area contributed by atoms with Crippen LogP contribution in [0.2, 0.25) is 5.15 Å². The van der Waals surface area contributed by atoms with Crippen molar-refractivity contribution in [2.45, 2.75) is 31.2 Å². The molecule has 1 aliphatic heterocycles. The first-order valence-corrected chi connectivity index (χ1v) is 6.39. The number of aromatic nitrogens is 1. The number of rotatable bonds is 0. The molecule has 1 aromatic rings. The lowest BCUT2D eigenvalue weighted by atomic mass is 9.77. The molecule has 18 heavy (non-hydrogen) atoms. The average molecular weight is 265 g/mol. The smallest absolute Gasteiger partial charge is 0.273 e. The fraction of sp³-hybridized carbons (Fsp3) is 0.462. The summed E-state index contributed by atoms with van der Waals surface area (Å²) in [6.45, 7) is 0. The van der Waals surface area contributed by atoms with E-state index < -0.39 is 0 Å². The number of amides is 1. The first kappa shape index (κ1) is 11.7. The predicted octanol–water partition coefficient (Wildman–Crippen LogP) is 2.16. The third kappa shape index (κ3) is 1.42. The molecular weight excluding hydrogens is 252 g/mol. The number of hydrogen-bond donors (Lipinski definition) is 0. The zero-order valence-electron chi connectivity index (χ0n) is 10.1. The topological polar surface area (TPSA) is 50.3 Å². The molecule has 0 aromatic carbocycles. The molecule has 4 nitrogen and oxygen atoms in total. The van der Waals surface area contributed by atoms with Gasteiger partial charge in [0.05, 0.1) is 5.54 Å². The van der Waals surface area contributed by atoms with E-state index in [1.165, 1.54) is 0 Å². The van der Waals surface area contributed by atoms with Crippen molar-refractivity contribution in [2.24, 2.45) is 0 Å². The Kier molecular flexibility index (Phi) is 2.45. The Morgan fingerprint density at radius 2 is 1.94 bits per heavy atom. The lowest BCUT2D eigenvalue weighted by Gasteiger charge is -2.39. The highest BCUT2D eigenvalue weighted by atomic mass is 35.5. The summed E-state index contributed by atoms with van der Waals surface area (Å²) in [5.74, 6) is 0.179. The molecule has 0 unspecified atom stereocenters. The number of nitrogens with zero attached hydrogens (tertiary/aromatic N) is 2. The van der Waals surface area contributed by atoms with Crippen LogP contribution in [0.3, 0.4) is 0 Å². The Hall–Kier alpha value is -1.42. The molecule has 0 atom stereocenters. The zero-order valence-corrected chi connectivity index (χ0v) is 10.8. The molecule has 0 bridgehead atoms. The molecule has 1 spiro atoms. The number of pyridine rings is 1. The number of Topliss-reactive ketones (excluding diaryl/α,β-unsaturated/α-hetero) is 1. The second kappa shape index (κ2) is 3.79. The summed E-state index contributed by atoms with van der Waals surface area (Å²) in [5.41, 5.74) is 1.02. The number of halogens is 1. The second-order valence-corrected chi connectivity index (χ2v) is 5.35. The second-order valence-electron chi connectivity index (χ2n) is 4.96. The van der Waals surface area contributed by atoms with Crippen LogP contribution in [0.5, 0.6) is 0 Å². The number of carbonyl (C=O) groups is 2. The van der Waals surface area contributed by atoms with Crippen molar-refractivity contribution >= 4 is 23.3 Å². The van der Waals surface area contributed by atoms with Crippen LogP contribution >= 0.6 is 11.6 Å². The monoisotopic (exact) mass is 264 g/mol. The highest BCUT2D eigenvalue weighted by Crippen LogP contribution is 2.46. The van der Waals surface area contributed by atoms with Gasteiger partial charge in [-0.05, 0) is 18.9 Å². The highest BCUT2D eigenvalue weighted by Gasteiger charge is 2.50. The largest absolute Gasteiger partial charge is 0.331 e. The Labute approximate surface area is 110 Å². The maximum absolute atomic E-state index is 12.2. The maximum atomic E-state index is 12.2. The van der Waals surface area contributed by atoms with Crippen molar-refractivity contribution in [1.29, 1.82) is 0 Å². The Morgan fingerprint density at radius 1 is 1.28 bits per heavy atom. The fourth-order valence-corrected chi connectivity index (χ4v) is 3.20. The van der Waals surface area contributed by atoms with Crippen LogP contribution in [-0.2, 0) is 10.3 Å². The van der Waals surface area contributed by atoms with Gasteiger partial charge >= 0.3 is 0 Å². The lowest BCUT2D eigenvalue weighted by molar-refractivity contribution is -0.122. The first-order valence-electron chi connectivity index (χ1n) is 6.01. The maximum Gasteiger partial charge on any atom is 0.273 e. The Bertz CT molecular complexity index is 546. The molecule has 94 valence electrons. The van der Waals surface area contributed by atoms with Crippen molar-refractivity contribution in [3.8, 4) is 0 Å². The molecule has 1 aliphatic carbocycles. The van der Waals surface area contributed by atoms with Crippen molar-refractivity contribution in [3.63, 3.8) is 0 Å². The average Bonchev–Trinajstić information content (AvgIpc) is 2.56. The van der Waals surface area contributed by atoms with Crippen LogP contribution in [0, 0.1) is 0 Å². The van der Waals surface area contributed by atoms with Gasteiger partial charge in [-0.3, -0.25) is 9.59 Å². The SMILES string of the molecule is CN1C(=O)c2nc(Cl)ccc2C12CCC(=O)CC2. The van der Waals surface area contributed by atoms with E-state index >= 15 is 0 Å². The Balaban J connectivity index is 2.13. The van der Waals surface area contributed by atoms with Gasteiger partial charge in [0.2, 0.25) is 0 Å². The normalized spacial score (nSPS) is 21.6. The van der Waals surface area contributed by atoms with E-state index in [1.54, 1.807) is 18.0 Å². The summed E-state index contributed by atoms with van der Waals surface area (Å²) in [4.78, 5) is 29.5. The molecule has 2 aliphatic rings. The molecule has 1 amide bonds. The summed E-state index contributed by atoms with van der Waals surface area (Å²) in [7, 11) is 1.79. The van der Waals surface area contributed by atoms with Gasteiger partial charge in [0.1, 0.15) is 16.6 Å². The van der Waals surface area contributed by atoms with Gasteiger partial charge in [0, 0.05) is 25.5 Å². The molecule has 0 radical (unpaired) electrons. The minimum atomic E-state index is -0.349. The van der Waals surface area contributed by atoms with Crippen LogP contribution in [0.1, 0.15) is 41.7 Å². The van der Waals surface area contributed by atoms with Gasteiger partial charge in [-0.25, -0.2) is 4.98 Å². The van der Waals surface area contributed by atoms with E-state index in [0.29, 0.717) is 36.5 Å². The number of fused-ring (bicyclic) bond motifs is 2. The number of ketones is 1. The lowest BCUT2D eigenvalue weighted by Crippen LogP contribution is -2.43. The third-order valence-electron chi connectivity index (χ3n) is 4.15. The molecule has 3 rings (SSSR count). The molecule has 0 N–H and O–H groups in total. The van der Waals surface area contributed by atoms with Crippen molar-refractivity contribution in [2.75, 3.05) is 7.05 Å². The number of carbonyl (C=O) groups excluding carboxylic acids is 2. The van der Waals surface area contributed by atoms with E-state index in [2.05, 4.69) is 4.98 Å². The minimum absolute atomic E-state index is 0.0955. The first-order chi connectivity index (χ1) is 8.54. The van der Waals surface area contributed by atoms with Gasteiger partial charge < -0.3 is 4.90 Å². The van der Waals surface area contributed by atoms with Gasteiger partial charge in [-0.15, -0.1) is 0 Å².